The Morgan fingerprint density at radius 3 is 2.59 bits per heavy atom. The first kappa shape index (κ1) is 16.3. The molecule has 0 aromatic rings. The van der Waals surface area contributed by atoms with Crippen LogP contribution < -0.4 is 17.0 Å². The molecule has 0 aromatic heterocycles. The van der Waals surface area contributed by atoms with Gasteiger partial charge in [-0.15, -0.1) is 0 Å². The number of hydrazine groups is 1. The van der Waals surface area contributed by atoms with Crippen LogP contribution in [0.15, 0.2) is 11.9 Å². The van der Waals surface area contributed by atoms with Gasteiger partial charge in [0, 0.05) is 37.9 Å². The summed E-state index contributed by atoms with van der Waals surface area (Å²) in [6.07, 6.45) is 3.40. The summed E-state index contributed by atoms with van der Waals surface area (Å²) in [5.74, 6) is 5.25. The van der Waals surface area contributed by atoms with Crippen LogP contribution in [0.2, 0.25) is 0 Å². The van der Waals surface area contributed by atoms with Crippen LogP contribution in [0.4, 0.5) is 0 Å². The van der Waals surface area contributed by atoms with E-state index in [9.17, 15) is 9.59 Å². The van der Waals surface area contributed by atoms with E-state index in [2.05, 4.69) is 14.7 Å². The van der Waals surface area contributed by atoms with E-state index < -0.39 is 0 Å². The predicted octanol–water partition coefficient (Wildman–Crippen LogP) is -0.126. The number of hydrogen-bond acceptors (Lipinski definition) is 5. The smallest absolute Gasteiger partial charge is 0.225 e. The van der Waals surface area contributed by atoms with Gasteiger partial charge in [-0.3, -0.25) is 15.4 Å². The van der Waals surface area contributed by atoms with Gasteiger partial charge < -0.3 is 15.8 Å². The Bertz CT molecular complexity index is 297. The minimum Gasteiger partial charge on any atom is -0.403 e. The van der Waals surface area contributed by atoms with Crippen LogP contribution in [-0.4, -0.2) is 29.3 Å². The molecule has 0 aliphatic carbocycles. The molecule has 17 heavy (non-hydrogen) atoms. The fourth-order valence-corrected chi connectivity index (χ4v) is 2.15. The molecule has 2 unspecified atom stereocenters. The molecule has 0 fully saturated rings. The highest BCUT2D eigenvalue weighted by molar-refractivity contribution is 7.40. The zero-order valence-electron chi connectivity index (χ0n) is 9.90. The van der Waals surface area contributed by atoms with E-state index in [1.807, 2.05) is 0 Å². The molecule has 5 N–H and O–H groups in total. The number of nitrogens with zero attached hydrogens (tertiary/aromatic N) is 1. The van der Waals surface area contributed by atoms with E-state index in [1.165, 1.54) is 6.20 Å². The molecule has 0 aliphatic rings. The molecule has 1 amide bonds. The van der Waals surface area contributed by atoms with Crippen molar-refractivity contribution in [3.8, 4) is 0 Å². The molecule has 0 heterocycles. The van der Waals surface area contributed by atoms with Crippen LogP contribution in [0.25, 0.3) is 0 Å². The molecule has 8 heteroatoms. The van der Waals surface area contributed by atoms with Gasteiger partial charge in [-0.2, -0.15) is 0 Å². The number of carbonyl (C=O) groups excluding carboxylic acids is 2. The lowest BCUT2D eigenvalue weighted by molar-refractivity contribution is -0.125. The first-order valence-corrected chi connectivity index (χ1v) is 6.90. The van der Waals surface area contributed by atoms with E-state index >= 15 is 0 Å². The van der Waals surface area contributed by atoms with Gasteiger partial charge in [-0.25, -0.2) is 0 Å². The third-order valence-electron chi connectivity index (χ3n) is 2.08. The van der Waals surface area contributed by atoms with Crippen molar-refractivity contribution >= 4 is 29.4 Å². The molecule has 2 atom stereocenters. The average molecular weight is 278 g/mol. The van der Waals surface area contributed by atoms with Crippen LogP contribution in [-0.2, 0) is 9.59 Å². The maximum Gasteiger partial charge on any atom is 0.225 e. The molecule has 0 aromatic carbocycles. The molecule has 0 radical (unpaired) electrons. The molecule has 0 bridgehead atoms. The first-order chi connectivity index (χ1) is 8.01. The number of amides is 1. The lowest BCUT2D eigenvalue weighted by Gasteiger charge is -2.17. The third kappa shape index (κ3) is 8.08. The number of nitrogens with two attached hydrogens (primary N) is 2. The fourth-order valence-electron chi connectivity index (χ4n) is 1.03. The van der Waals surface area contributed by atoms with Crippen molar-refractivity contribution in [3.05, 3.63) is 11.9 Å². The van der Waals surface area contributed by atoms with Gasteiger partial charge in [0.1, 0.15) is 5.52 Å². The first-order valence-electron chi connectivity index (χ1n) is 5.17. The van der Waals surface area contributed by atoms with Crippen LogP contribution in [0.5, 0.6) is 0 Å². The Kier molecular flexibility index (Phi) is 8.96. The van der Waals surface area contributed by atoms with Crippen molar-refractivity contribution in [1.82, 2.24) is 10.1 Å². The largest absolute Gasteiger partial charge is 0.403 e. The molecule has 0 aliphatic heterocycles. The van der Waals surface area contributed by atoms with Crippen LogP contribution in [0, 0.1) is 0 Å². The van der Waals surface area contributed by atoms with Gasteiger partial charge in [0.25, 0.3) is 0 Å². The zero-order chi connectivity index (χ0) is 13.3. The number of nitrogens with one attached hydrogen (secondary N) is 1. The maximum absolute atomic E-state index is 11.6. The van der Waals surface area contributed by atoms with Crippen molar-refractivity contribution in [3.63, 3.8) is 0 Å². The van der Waals surface area contributed by atoms with Crippen molar-refractivity contribution < 1.29 is 9.59 Å². The molecule has 0 spiro atoms. The number of rotatable bonds is 8. The molecule has 98 valence electrons. The van der Waals surface area contributed by atoms with E-state index in [4.69, 9.17) is 11.6 Å². The van der Waals surface area contributed by atoms with E-state index in [-0.39, 0.29) is 20.2 Å². The second kappa shape index (κ2) is 9.34. The maximum atomic E-state index is 11.6. The number of hydrogen-bond donors (Lipinski definition) is 3. The van der Waals surface area contributed by atoms with E-state index in [0.29, 0.717) is 31.1 Å². The second-order valence-electron chi connectivity index (χ2n) is 3.44. The molecular weight excluding hydrogens is 258 g/mol. The van der Waals surface area contributed by atoms with Gasteiger partial charge in [0.05, 0.1) is 0 Å². The Morgan fingerprint density at radius 1 is 1.47 bits per heavy atom. The average Bonchev–Trinajstić information content (AvgIpc) is 2.29. The van der Waals surface area contributed by atoms with Crippen molar-refractivity contribution in [2.24, 2.45) is 11.6 Å². The summed E-state index contributed by atoms with van der Waals surface area (Å²) in [6, 6.07) is 0. The van der Waals surface area contributed by atoms with Gasteiger partial charge in [-0.1, -0.05) is 9.24 Å². The summed E-state index contributed by atoms with van der Waals surface area (Å²) in [5.41, 5.74) is 8.51. The minimum absolute atomic E-state index is 0.0305. The molecule has 6 nitrogen and oxygen atoms in total. The summed E-state index contributed by atoms with van der Waals surface area (Å²) < 4.78 is 1.63. The molecule has 0 saturated carbocycles. The normalized spacial score (nSPS) is 11.8. The monoisotopic (exact) mass is 278 g/mol. The molecular formula is C9H20N4O2P2. The topological polar surface area (TPSA) is 101 Å². The standard InChI is InChI=1S/C9H20N4O2P2/c1-13(17-6-7(5-10)12-11)8(14)3-2-4-9(15)16/h5,12,17H,2-4,6,10-11,16H2,1H3/b7-5-. The third-order valence-corrected chi connectivity index (χ3v) is 3.63. The molecule has 0 rings (SSSR count). The van der Waals surface area contributed by atoms with E-state index in [0.717, 1.165) is 0 Å². The van der Waals surface area contributed by atoms with E-state index in [1.54, 1.807) is 11.7 Å². The van der Waals surface area contributed by atoms with Gasteiger partial charge in [0.15, 0.2) is 0 Å². The SMILES string of the molecule is CN(PC/C(=C/N)NN)C(=O)CCCC(=O)P. The summed E-state index contributed by atoms with van der Waals surface area (Å²) in [6.45, 7) is 0. The second-order valence-corrected chi connectivity index (χ2v) is 5.43. The predicted molar refractivity (Wildman–Crippen MR) is 74.1 cm³/mol. The van der Waals surface area contributed by atoms with Gasteiger partial charge in [-0.05, 0) is 15.2 Å². The lowest BCUT2D eigenvalue weighted by atomic mass is 10.2. The number of carbonyl (C=O) groups is 2. The Morgan fingerprint density at radius 2 is 2.12 bits per heavy atom. The summed E-state index contributed by atoms with van der Waals surface area (Å²) in [5, 5.41) is 0. The summed E-state index contributed by atoms with van der Waals surface area (Å²) >= 11 is 0. The van der Waals surface area contributed by atoms with Crippen molar-refractivity contribution in [2.45, 2.75) is 19.3 Å². The highest BCUT2D eigenvalue weighted by Crippen LogP contribution is 2.19. The number of allylic oxidation sites excluding steroid dienone is 1. The quantitative estimate of drug-likeness (QED) is 0.326. The van der Waals surface area contributed by atoms with Gasteiger partial charge in [0.2, 0.25) is 5.91 Å². The lowest BCUT2D eigenvalue weighted by Crippen LogP contribution is -2.25. The van der Waals surface area contributed by atoms with Crippen LogP contribution >= 0.6 is 18.0 Å². The summed E-state index contributed by atoms with van der Waals surface area (Å²) in [4.78, 5) is 22.3. The zero-order valence-corrected chi connectivity index (χ0v) is 12.1. The fraction of sp³-hybridized carbons (Fsp3) is 0.556. The molecule has 0 saturated heterocycles. The van der Waals surface area contributed by atoms with Gasteiger partial charge >= 0.3 is 0 Å². The van der Waals surface area contributed by atoms with Crippen LogP contribution in [0.3, 0.4) is 0 Å². The Hall–Kier alpha value is -0.700. The Balaban J connectivity index is 3.85. The summed E-state index contributed by atoms with van der Waals surface area (Å²) in [7, 11) is 4.12. The Labute approximate surface area is 106 Å². The van der Waals surface area contributed by atoms with Crippen molar-refractivity contribution in [2.75, 3.05) is 13.2 Å². The van der Waals surface area contributed by atoms with Crippen LogP contribution in [0.1, 0.15) is 19.3 Å². The highest BCUT2D eigenvalue weighted by atomic mass is 31.1. The van der Waals surface area contributed by atoms with Crippen molar-refractivity contribution in [1.29, 1.82) is 0 Å². The minimum atomic E-state index is 0.0305. The highest BCUT2D eigenvalue weighted by Gasteiger charge is 2.09.